The second kappa shape index (κ2) is 7.13. The van der Waals surface area contributed by atoms with Crippen molar-refractivity contribution in [3.8, 4) is 5.75 Å². The van der Waals surface area contributed by atoms with Crippen LogP contribution in [-0.2, 0) is 0 Å². The van der Waals surface area contributed by atoms with Gasteiger partial charge in [0.05, 0.1) is 7.11 Å². The normalized spacial score (nSPS) is 14.4. The van der Waals surface area contributed by atoms with Gasteiger partial charge in [0.1, 0.15) is 17.3 Å². The van der Waals surface area contributed by atoms with E-state index < -0.39 is 0 Å². The largest absolute Gasteiger partial charge is 0.497 e. The highest BCUT2D eigenvalue weighted by Crippen LogP contribution is 2.19. The Hall–Kier alpha value is -2.56. The number of pyridine rings is 1. The molecule has 0 atom stereocenters. The molecule has 0 spiro atoms. The van der Waals surface area contributed by atoms with E-state index in [-0.39, 0.29) is 5.91 Å². The maximum atomic E-state index is 12.4. The Labute approximate surface area is 136 Å². The Bertz CT molecular complexity index is 664. The summed E-state index contributed by atoms with van der Waals surface area (Å²) in [5, 5.41) is 2.86. The molecule has 5 nitrogen and oxygen atoms in total. The summed E-state index contributed by atoms with van der Waals surface area (Å²) in [6.45, 7) is 2.02. The minimum atomic E-state index is -0.200. The van der Waals surface area contributed by atoms with Gasteiger partial charge in [0.15, 0.2) is 0 Å². The first kappa shape index (κ1) is 15.3. The molecule has 1 saturated heterocycles. The van der Waals surface area contributed by atoms with Crippen LogP contribution in [0.1, 0.15) is 29.8 Å². The topological polar surface area (TPSA) is 54.5 Å². The molecule has 1 fully saturated rings. The minimum Gasteiger partial charge on any atom is -0.497 e. The van der Waals surface area contributed by atoms with E-state index in [9.17, 15) is 4.79 Å². The summed E-state index contributed by atoms with van der Waals surface area (Å²) in [6.07, 6.45) is 3.64. The fourth-order valence-corrected chi connectivity index (χ4v) is 2.72. The van der Waals surface area contributed by atoms with Gasteiger partial charge in [-0.3, -0.25) is 4.79 Å². The SMILES string of the molecule is COc1ccc(NC(=O)c2cccc(N3CCCCC3)n2)cc1. The van der Waals surface area contributed by atoms with Crippen molar-refractivity contribution in [2.75, 3.05) is 30.4 Å². The van der Waals surface area contributed by atoms with Gasteiger partial charge in [-0.05, 0) is 55.7 Å². The summed E-state index contributed by atoms with van der Waals surface area (Å²) in [4.78, 5) is 19.1. The summed E-state index contributed by atoms with van der Waals surface area (Å²) < 4.78 is 5.11. The molecule has 120 valence electrons. The van der Waals surface area contributed by atoms with E-state index in [1.807, 2.05) is 36.4 Å². The Morgan fingerprint density at radius 1 is 1.09 bits per heavy atom. The van der Waals surface area contributed by atoms with Gasteiger partial charge in [0.2, 0.25) is 0 Å². The summed E-state index contributed by atoms with van der Waals surface area (Å²) in [5.41, 5.74) is 1.16. The lowest BCUT2D eigenvalue weighted by atomic mass is 10.1. The third kappa shape index (κ3) is 3.80. The van der Waals surface area contributed by atoms with Crippen LogP contribution in [0.25, 0.3) is 0 Å². The van der Waals surface area contributed by atoms with Crippen LogP contribution >= 0.6 is 0 Å². The van der Waals surface area contributed by atoms with Crippen molar-refractivity contribution in [1.29, 1.82) is 0 Å². The first-order chi connectivity index (χ1) is 11.3. The quantitative estimate of drug-likeness (QED) is 0.941. The van der Waals surface area contributed by atoms with E-state index >= 15 is 0 Å². The first-order valence-corrected chi connectivity index (χ1v) is 7.94. The highest BCUT2D eigenvalue weighted by molar-refractivity contribution is 6.03. The molecule has 5 heteroatoms. The number of ether oxygens (including phenoxy) is 1. The van der Waals surface area contributed by atoms with Gasteiger partial charge in [-0.25, -0.2) is 4.98 Å². The lowest BCUT2D eigenvalue weighted by Crippen LogP contribution is -2.30. The fraction of sp³-hybridized carbons (Fsp3) is 0.333. The number of hydrogen-bond donors (Lipinski definition) is 1. The summed E-state index contributed by atoms with van der Waals surface area (Å²) in [6, 6.07) is 12.8. The summed E-state index contributed by atoms with van der Waals surface area (Å²) >= 11 is 0. The second-order valence-corrected chi connectivity index (χ2v) is 5.61. The third-order valence-corrected chi connectivity index (χ3v) is 3.99. The fourth-order valence-electron chi connectivity index (χ4n) is 2.72. The number of carbonyl (C=O) groups excluding carboxylic acids is 1. The third-order valence-electron chi connectivity index (χ3n) is 3.99. The molecule has 0 radical (unpaired) electrons. The predicted octanol–water partition coefficient (Wildman–Crippen LogP) is 3.33. The molecule has 0 unspecified atom stereocenters. The number of methoxy groups -OCH3 is 1. The second-order valence-electron chi connectivity index (χ2n) is 5.61. The monoisotopic (exact) mass is 311 g/mol. The highest BCUT2D eigenvalue weighted by Gasteiger charge is 2.14. The van der Waals surface area contributed by atoms with E-state index in [1.54, 1.807) is 13.2 Å². The molecule has 23 heavy (non-hydrogen) atoms. The molecule has 0 bridgehead atoms. The van der Waals surface area contributed by atoms with Crippen LogP contribution in [0.2, 0.25) is 0 Å². The van der Waals surface area contributed by atoms with Crippen LogP contribution in [0.5, 0.6) is 5.75 Å². The van der Waals surface area contributed by atoms with Crippen molar-refractivity contribution in [3.05, 3.63) is 48.2 Å². The van der Waals surface area contributed by atoms with Crippen LogP contribution in [0.4, 0.5) is 11.5 Å². The van der Waals surface area contributed by atoms with Gasteiger partial charge < -0.3 is 15.0 Å². The number of piperidine rings is 1. The molecule has 1 aliphatic heterocycles. The average Bonchev–Trinajstić information content (AvgIpc) is 2.63. The zero-order valence-electron chi connectivity index (χ0n) is 13.3. The van der Waals surface area contributed by atoms with Gasteiger partial charge in [0.25, 0.3) is 5.91 Å². The standard InChI is InChI=1S/C18H21N3O2/c1-23-15-10-8-14(9-11-15)19-18(22)16-6-5-7-17(20-16)21-12-3-2-4-13-21/h5-11H,2-4,12-13H2,1H3,(H,19,22). The van der Waals surface area contributed by atoms with Gasteiger partial charge in [0, 0.05) is 18.8 Å². The number of aromatic nitrogens is 1. The highest BCUT2D eigenvalue weighted by atomic mass is 16.5. The lowest BCUT2D eigenvalue weighted by Gasteiger charge is -2.27. The Balaban J connectivity index is 1.71. The predicted molar refractivity (Wildman–Crippen MR) is 91.2 cm³/mol. The van der Waals surface area contributed by atoms with Crippen molar-refractivity contribution in [1.82, 2.24) is 4.98 Å². The zero-order valence-corrected chi connectivity index (χ0v) is 13.3. The number of anilines is 2. The number of rotatable bonds is 4. The Kier molecular flexibility index (Phi) is 4.76. The van der Waals surface area contributed by atoms with Gasteiger partial charge >= 0.3 is 0 Å². The van der Waals surface area contributed by atoms with Crippen molar-refractivity contribution >= 4 is 17.4 Å². The molecule has 1 N–H and O–H groups in total. The van der Waals surface area contributed by atoms with Crippen LogP contribution in [0.3, 0.4) is 0 Å². The molecule has 0 saturated carbocycles. The van der Waals surface area contributed by atoms with Crippen molar-refractivity contribution in [2.24, 2.45) is 0 Å². The Morgan fingerprint density at radius 2 is 1.83 bits per heavy atom. The number of hydrogen-bond acceptors (Lipinski definition) is 4. The number of benzene rings is 1. The van der Waals surface area contributed by atoms with Crippen molar-refractivity contribution < 1.29 is 9.53 Å². The zero-order chi connectivity index (χ0) is 16.1. The van der Waals surface area contributed by atoms with Gasteiger partial charge in [-0.15, -0.1) is 0 Å². The number of carbonyl (C=O) groups is 1. The molecule has 3 rings (SSSR count). The van der Waals surface area contributed by atoms with Gasteiger partial charge in [-0.1, -0.05) is 6.07 Å². The van der Waals surface area contributed by atoms with Crippen LogP contribution in [0, 0.1) is 0 Å². The maximum absolute atomic E-state index is 12.4. The number of nitrogens with one attached hydrogen (secondary N) is 1. The lowest BCUT2D eigenvalue weighted by molar-refractivity contribution is 0.102. The molecule has 1 aromatic carbocycles. The van der Waals surface area contributed by atoms with E-state index in [0.29, 0.717) is 5.69 Å². The maximum Gasteiger partial charge on any atom is 0.274 e. The van der Waals surface area contributed by atoms with Crippen molar-refractivity contribution in [3.63, 3.8) is 0 Å². The number of amides is 1. The average molecular weight is 311 g/mol. The van der Waals surface area contributed by atoms with E-state index in [4.69, 9.17) is 4.74 Å². The molecular weight excluding hydrogens is 290 g/mol. The molecular formula is C18H21N3O2. The van der Waals surface area contributed by atoms with Gasteiger partial charge in [-0.2, -0.15) is 0 Å². The number of nitrogens with zero attached hydrogens (tertiary/aromatic N) is 2. The van der Waals surface area contributed by atoms with E-state index in [1.165, 1.54) is 19.3 Å². The smallest absolute Gasteiger partial charge is 0.274 e. The molecule has 2 heterocycles. The van der Waals surface area contributed by atoms with Crippen molar-refractivity contribution in [2.45, 2.75) is 19.3 Å². The van der Waals surface area contributed by atoms with E-state index in [2.05, 4.69) is 15.2 Å². The minimum absolute atomic E-state index is 0.200. The van der Waals surface area contributed by atoms with Crippen LogP contribution in [-0.4, -0.2) is 31.1 Å². The van der Waals surface area contributed by atoms with Crippen LogP contribution < -0.4 is 15.0 Å². The molecule has 2 aromatic rings. The molecule has 0 aliphatic carbocycles. The summed E-state index contributed by atoms with van der Waals surface area (Å²) in [5.74, 6) is 1.44. The Morgan fingerprint density at radius 3 is 2.52 bits per heavy atom. The molecule has 1 aliphatic rings. The molecule has 1 aromatic heterocycles. The summed E-state index contributed by atoms with van der Waals surface area (Å²) in [7, 11) is 1.61. The van der Waals surface area contributed by atoms with Crippen LogP contribution in [0.15, 0.2) is 42.5 Å². The first-order valence-electron chi connectivity index (χ1n) is 7.94. The van der Waals surface area contributed by atoms with E-state index in [0.717, 1.165) is 30.3 Å². The molecule has 1 amide bonds.